The topological polar surface area (TPSA) is 66.4 Å². The van der Waals surface area contributed by atoms with E-state index in [1.54, 1.807) is 37.3 Å². The van der Waals surface area contributed by atoms with Gasteiger partial charge in [-0.25, -0.2) is 4.79 Å². The van der Waals surface area contributed by atoms with Crippen LogP contribution < -0.4 is 5.32 Å². The normalized spacial score (nSPS) is 10.3. The number of amides is 1. The van der Waals surface area contributed by atoms with Crippen molar-refractivity contribution < 1.29 is 14.7 Å². The van der Waals surface area contributed by atoms with Gasteiger partial charge in [-0.2, -0.15) is 0 Å². The highest BCUT2D eigenvalue weighted by atomic mass is 35.5. The fraction of sp³-hybridized carbons (Fsp3) is 0.176. The Labute approximate surface area is 133 Å². The molecule has 22 heavy (non-hydrogen) atoms. The van der Waals surface area contributed by atoms with E-state index in [1.807, 2.05) is 6.92 Å². The van der Waals surface area contributed by atoms with Crippen LogP contribution in [0.25, 0.3) is 0 Å². The van der Waals surface area contributed by atoms with E-state index in [1.165, 1.54) is 6.07 Å². The summed E-state index contributed by atoms with van der Waals surface area (Å²) >= 11 is 5.71. The summed E-state index contributed by atoms with van der Waals surface area (Å²) in [5.41, 5.74) is 3.57. The van der Waals surface area contributed by atoms with Gasteiger partial charge in [0.1, 0.15) is 0 Å². The van der Waals surface area contributed by atoms with Crippen molar-refractivity contribution in [2.24, 2.45) is 0 Å². The molecule has 0 bridgehead atoms. The number of halogens is 1. The van der Waals surface area contributed by atoms with Crippen LogP contribution in [-0.2, 0) is 5.88 Å². The second kappa shape index (κ2) is 6.62. The molecule has 0 aliphatic heterocycles. The van der Waals surface area contributed by atoms with Crippen LogP contribution in [-0.4, -0.2) is 17.0 Å². The standard InChI is InChI=1S/C17H16ClNO3/c1-10-7-14(8-15(11(10)2)17(21)22)19-16(20)13-5-3-12(9-18)4-6-13/h3-8H,9H2,1-2H3,(H,19,20)(H,21,22). The van der Waals surface area contributed by atoms with Crippen LogP contribution in [0.3, 0.4) is 0 Å². The summed E-state index contributed by atoms with van der Waals surface area (Å²) in [5.74, 6) is -0.912. The summed E-state index contributed by atoms with van der Waals surface area (Å²) in [6.07, 6.45) is 0. The maximum absolute atomic E-state index is 12.2. The highest BCUT2D eigenvalue weighted by Gasteiger charge is 2.13. The molecule has 0 unspecified atom stereocenters. The maximum Gasteiger partial charge on any atom is 0.336 e. The lowest BCUT2D eigenvalue weighted by molar-refractivity contribution is 0.0695. The highest BCUT2D eigenvalue weighted by molar-refractivity contribution is 6.17. The minimum atomic E-state index is -1.01. The molecule has 0 aliphatic rings. The van der Waals surface area contributed by atoms with Crippen LogP contribution in [0, 0.1) is 13.8 Å². The van der Waals surface area contributed by atoms with E-state index in [2.05, 4.69) is 5.32 Å². The molecule has 0 radical (unpaired) electrons. The van der Waals surface area contributed by atoms with Crippen LogP contribution in [0.2, 0.25) is 0 Å². The maximum atomic E-state index is 12.2. The summed E-state index contributed by atoms with van der Waals surface area (Å²) < 4.78 is 0. The second-order valence-corrected chi connectivity index (χ2v) is 5.32. The molecule has 2 aromatic carbocycles. The van der Waals surface area contributed by atoms with Gasteiger partial charge in [-0.05, 0) is 54.8 Å². The summed E-state index contributed by atoms with van der Waals surface area (Å²) in [6, 6.07) is 10.2. The minimum absolute atomic E-state index is 0.188. The van der Waals surface area contributed by atoms with Gasteiger partial charge in [0.25, 0.3) is 5.91 Å². The number of carboxylic acid groups (broad SMARTS) is 1. The number of hydrogen-bond acceptors (Lipinski definition) is 2. The lowest BCUT2D eigenvalue weighted by atomic mass is 10.0. The number of alkyl halides is 1. The predicted octanol–water partition coefficient (Wildman–Crippen LogP) is 3.99. The third-order valence-electron chi connectivity index (χ3n) is 3.53. The molecule has 0 atom stereocenters. The average molecular weight is 318 g/mol. The molecule has 0 spiro atoms. The number of anilines is 1. The zero-order chi connectivity index (χ0) is 16.3. The molecule has 4 nitrogen and oxygen atoms in total. The number of aromatic carboxylic acids is 1. The Kier molecular flexibility index (Phi) is 4.83. The Balaban J connectivity index is 2.26. The average Bonchev–Trinajstić information content (AvgIpc) is 2.50. The number of aryl methyl sites for hydroxylation is 1. The largest absolute Gasteiger partial charge is 0.478 e. The van der Waals surface area contributed by atoms with Crippen molar-refractivity contribution in [1.82, 2.24) is 0 Å². The second-order valence-electron chi connectivity index (χ2n) is 5.06. The van der Waals surface area contributed by atoms with Crippen LogP contribution in [0.5, 0.6) is 0 Å². The molecule has 5 heteroatoms. The molecule has 0 heterocycles. The van der Waals surface area contributed by atoms with E-state index in [-0.39, 0.29) is 11.5 Å². The third kappa shape index (κ3) is 3.46. The van der Waals surface area contributed by atoms with Crippen molar-refractivity contribution in [1.29, 1.82) is 0 Å². The Hall–Kier alpha value is -2.33. The molecule has 0 saturated heterocycles. The summed E-state index contributed by atoms with van der Waals surface area (Å²) in [7, 11) is 0. The lowest BCUT2D eigenvalue weighted by Crippen LogP contribution is -2.13. The molecule has 0 aromatic heterocycles. The van der Waals surface area contributed by atoms with Crippen molar-refractivity contribution in [3.8, 4) is 0 Å². The van der Waals surface area contributed by atoms with Gasteiger partial charge in [0.15, 0.2) is 0 Å². The van der Waals surface area contributed by atoms with E-state index in [0.29, 0.717) is 22.7 Å². The first-order chi connectivity index (χ1) is 10.4. The van der Waals surface area contributed by atoms with Crippen molar-refractivity contribution in [3.05, 3.63) is 64.2 Å². The first-order valence-electron chi connectivity index (χ1n) is 6.73. The van der Waals surface area contributed by atoms with Crippen molar-refractivity contribution >= 4 is 29.2 Å². The first kappa shape index (κ1) is 16.0. The first-order valence-corrected chi connectivity index (χ1v) is 7.26. The lowest BCUT2D eigenvalue weighted by Gasteiger charge is -2.11. The summed E-state index contributed by atoms with van der Waals surface area (Å²) in [4.78, 5) is 23.4. The van der Waals surface area contributed by atoms with Gasteiger partial charge in [0, 0.05) is 17.1 Å². The van der Waals surface area contributed by atoms with E-state index in [4.69, 9.17) is 11.6 Å². The van der Waals surface area contributed by atoms with Gasteiger partial charge in [-0.3, -0.25) is 4.79 Å². The molecule has 0 fully saturated rings. The molecule has 114 valence electrons. The molecule has 0 aliphatic carbocycles. The molecule has 0 saturated carbocycles. The number of hydrogen-bond donors (Lipinski definition) is 2. The Bertz CT molecular complexity index is 723. The minimum Gasteiger partial charge on any atom is -0.478 e. The number of rotatable bonds is 4. The molecular formula is C17H16ClNO3. The van der Waals surface area contributed by atoms with Crippen molar-refractivity contribution in [2.75, 3.05) is 5.32 Å². The van der Waals surface area contributed by atoms with Crippen LogP contribution in [0.1, 0.15) is 37.4 Å². The third-order valence-corrected chi connectivity index (χ3v) is 3.83. The number of carbonyl (C=O) groups is 2. The zero-order valence-electron chi connectivity index (χ0n) is 12.3. The Morgan fingerprint density at radius 1 is 1.14 bits per heavy atom. The van der Waals surface area contributed by atoms with Gasteiger partial charge < -0.3 is 10.4 Å². The van der Waals surface area contributed by atoms with E-state index in [9.17, 15) is 14.7 Å². The number of carbonyl (C=O) groups excluding carboxylic acids is 1. The summed E-state index contributed by atoms with van der Waals surface area (Å²) in [6.45, 7) is 3.56. The van der Waals surface area contributed by atoms with Crippen LogP contribution in [0.4, 0.5) is 5.69 Å². The van der Waals surface area contributed by atoms with Gasteiger partial charge >= 0.3 is 5.97 Å². The van der Waals surface area contributed by atoms with Crippen molar-refractivity contribution in [2.45, 2.75) is 19.7 Å². The molecule has 2 aromatic rings. The fourth-order valence-corrected chi connectivity index (χ4v) is 2.28. The number of benzene rings is 2. The van der Waals surface area contributed by atoms with Crippen molar-refractivity contribution in [3.63, 3.8) is 0 Å². The number of carboxylic acids is 1. The Morgan fingerprint density at radius 3 is 2.32 bits per heavy atom. The van der Waals surface area contributed by atoms with Crippen LogP contribution in [0.15, 0.2) is 36.4 Å². The molecule has 2 N–H and O–H groups in total. The summed E-state index contributed by atoms with van der Waals surface area (Å²) in [5, 5.41) is 11.9. The monoisotopic (exact) mass is 317 g/mol. The van der Waals surface area contributed by atoms with Gasteiger partial charge in [0.2, 0.25) is 0 Å². The van der Waals surface area contributed by atoms with Gasteiger partial charge in [-0.15, -0.1) is 11.6 Å². The van der Waals surface area contributed by atoms with Gasteiger partial charge in [0.05, 0.1) is 5.56 Å². The molecule has 1 amide bonds. The molecular weight excluding hydrogens is 302 g/mol. The SMILES string of the molecule is Cc1cc(NC(=O)c2ccc(CCl)cc2)cc(C(=O)O)c1C. The fourth-order valence-electron chi connectivity index (χ4n) is 2.10. The quantitative estimate of drug-likeness (QED) is 0.838. The molecule has 2 rings (SSSR count). The van der Waals surface area contributed by atoms with E-state index >= 15 is 0 Å². The van der Waals surface area contributed by atoms with Gasteiger partial charge in [-0.1, -0.05) is 12.1 Å². The Morgan fingerprint density at radius 2 is 1.77 bits per heavy atom. The van der Waals surface area contributed by atoms with Crippen LogP contribution >= 0.6 is 11.6 Å². The number of nitrogens with one attached hydrogen (secondary N) is 1. The van der Waals surface area contributed by atoms with E-state index in [0.717, 1.165) is 11.1 Å². The predicted molar refractivity (Wildman–Crippen MR) is 86.8 cm³/mol. The smallest absolute Gasteiger partial charge is 0.336 e. The zero-order valence-corrected chi connectivity index (χ0v) is 13.1. The van der Waals surface area contributed by atoms with E-state index < -0.39 is 5.97 Å². The highest BCUT2D eigenvalue weighted by Crippen LogP contribution is 2.21.